The molecule has 0 fully saturated rings. The van der Waals surface area contributed by atoms with Crippen molar-refractivity contribution in [3.63, 3.8) is 0 Å². The van der Waals surface area contributed by atoms with Crippen molar-refractivity contribution < 1.29 is 13.2 Å². The number of hydrogen-bond acceptors (Lipinski definition) is 0. The summed E-state index contributed by atoms with van der Waals surface area (Å²) in [6.45, 7) is 1.88. The lowest BCUT2D eigenvalue weighted by atomic mass is 10.00. The van der Waals surface area contributed by atoms with Gasteiger partial charge in [0, 0.05) is 11.6 Å². The Hall–Kier alpha value is -1.29. The predicted octanol–water partition coefficient (Wildman–Crippen LogP) is 4.90. The van der Waals surface area contributed by atoms with E-state index in [0.717, 1.165) is 17.2 Å². The van der Waals surface area contributed by atoms with Gasteiger partial charge in [-0.1, -0.05) is 40.2 Å². The van der Waals surface area contributed by atoms with Gasteiger partial charge in [-0.25, -0.2) is 13.2 Å². The van der Waals surface area contributed by atoms with Crippen LogP contribution in [0.25, 0.3) is 0 Å². The molecule has 1 unspecified atom stereocenters. The first kappa shape index (κ1) is 13.1. The third-order valence-corrected chi connectivity index (χ3v) is 3.76. The van der Waals surface area contributed by atoms with E-state index in [1.807, 2.05) is 31.2 Å². The average molecular weight is 315 g/mol. The predicted molar refractivity (Wildman–Crippen MR) is 68.3 cm³/mol. The monoisotopic (exact) mass is 314 g/mol. The molecular formula is C14H10BrF3. The second kappa shape index (κ2) is 5.14. The molecule has 0 N–H and O–H groups in total. The lowest BCUT2D eigenvalue weighted by Gasteiger charge is -2.14. The van der Waals surface area contributed by atoms with E-state index in [9.17, 15) is 13.2 Å². The maximum absolute atomic E-state index is 13.7. The first-order valence-corrected chi connectivity index (χ1v) is 6.26. The zero-order valence-electron chi connectivity index (χ0n) is 9.55. The normalized spacial score (nSPS) is 12.5. The lowest BCUT2D eigenvalue weighted by molar-refractivity contribution is 0.491. The third-order valence-electron chi connectivity index (χ3n) is 2.77. The number of halogens is 4. The molecule has 0 heterocycles. The van der Waals surface area contributed by atoms with Crippen LogP contribution in [0.15, 0.2) is 36.4 Å². The maximum atomic E-state index is 13.7. The van der Waals surface area contributed by atoms with E-state index in [0.29, 0.717) is 6.07 Å². The molecule has 0 aliphatic heterocycles. The Kier molecular flexibility index (Phi) is 3.76. The van der Waals surface area contributed by atoms with E-state index in [2.05, 4.69) is 15.9 Å². The molecule has 94 valence electrons. The number of aryl methyl sites for hydroxylation is 1. The highest BCUT2D eigenvalue weighted by Crippen LogP contribution is 2.34. The minimum atomic E-state index is -1.18. The van der Waals surface area contributed by atoms with Gasteiger partial charge in [0.05, 0.1) is 4.83 Å². The quantitative estimate of drug-likeness (QED) is 0.546. The topological polar surface area (TPSA) is 0 Å². The van der Waals surface area contributed by atoms with Gasteiger partial charge in [-0.15, -0.1) is 0 Å². The number of rotatable bonds is 2. The Morgan fingerprint density at radius 3 is 2.17 bits per heavy atom. The fourth-order valence-electron chi connectivity index (χ4n) is 1.77. The maximum Gasteiger partial charge on any atom is 0.161 e. The molecular weight excluding hydrogens is 305 g/mol. The van der Waals surface area contributed by atoms with Crippen LogP contribution in [0.5, 0.6) is 0 Å². The molecule has 18 heavy (non-hydrogen) atoms. The summed E-state index contributed by atoms with van der Waals surface area (Å²) >= 11 is 3.33. The highest BCUT2D eigenvalue weighted by atomic mass is 79.9. The molecule has 1 atom stereocenters. The van der Waals surface area contributed by atoms with E-state index < -0.39 is 22.3 Å². The van der Waals surface area contributed by atoms with Crippen LogP contribution in [0.3, 0.4) is 0 Å². The zero-order chi connectivity index (χ0) is 13.3. The molecule has 2 rings (SSSR count). The largest absolute Gasteiger partial charge is 0.207 e. The Morgan fingerprint density at radius 1 is 0.889 bits per heavy atom. The second-order valence-corrected chi connectivity index (χ2v) is 4.92. The van der Waals surface area contributed by atoms with Gasteiger partial charge < -0.3 is 0 Å². The molecule has 2 aromatic carbocycles. The van der Waals surface area contributed by atoms with Crippen LogP contribution in [0.1, 0.15) is 21.5 Å². The molecule has 0 spiro atoms. The summed E-state index contributed by atoms with van der Waals surface area (Å²) in [6.07, 6.45) is 0. The minimum absolute atomic E-state index is 0.0863. The Morgan fingerprint density at radius 2 is 1.50 bits per heavy atom. The summed E-state index contributed by atoms with van der Waals surface area (Å²) in [5, 5.41) is 0. The van der Waals surface area contributed by atoms with E-state index in [-0.39, 0.29) is 5.56 Å². The second-order valence-electron chi connectivity index (χ2n) is 4.01. The summed E-state index contributed by atoms with van der Waals surface area (Å²) in [5.41, 5.74) is 1.86. The molecule has 0 nitrogen and oxygen atoms in total. The SMILES string of the molecule is Cc1ccccc1C(Br)c1cc(F)c(F)cc1F. The first-order valence-electron chi connectivity index (χ1n) is 5.34. The van der Waals surface area contributed by atoms with Crippen LogP contribution >= 0.6 is 15.9 Å². The van der Waals surface area contributed by atoms with Crippen molar-refractivity contribution in [3.8, 4) is 0 Å². The van der Waals surface area contributed by atoms with Gasteiger partial charge in [0.15, 0.2) is 11.6 Å². The van der Waals surface area contributed by atoms with Gasteiger partial charge in [0.25, 0.3) is 0 Å². The highest BCUT2D eigenvalue weighted by Gasteiger charge is 2.19. The molecule has 0 amide bonds. The first-order chi connectivity index (χ1) is 8.50. The lowest BCUT2D eigenvalue weighted by Crippen LogP contribution is -2.01. The third kappa shape index (κ3) is 2.43. The fraction of sp³-hybridized carbons (Fsp3) is 0.143. The molecule has 0 saturated heterocycles. The van der Waals surface area contributed by atoms with Crippen LogP contribution in [-0.4, -0.2) is 0 Å². The summed E-state index contributed by atoms with van der Waals surface area (Å²) in [7, 11) is 0. The van der Waals surface area contributed by atoms with Crippen molar-refractivity contribution in [1.29, 1.82) is 0 Å². The van der Waals surface area contributed by atoms with Crippen LogP contribution in [0.4, 0.5) is 13.2 Å². The van der Waals surface area contributed by atoms with Crippen molar-refractivity contribution in [2.75, 3.05) is 0 Å². The smallest absolute Gasteiger partial charge is 0.161 e. The summed E-state index contributed by atoms with van der Waals surface area (Å²) in [4.78, 5) is -0.506. The van der Waals surface area contributed by atoms with E-state index >= 15 is 0 Å². The molecule has 0 radical (unpaired) electrons. The highest BCUT2D eigenvalue weighted by molar-refractivity contribution is 9.09. The van der Waals surface area contributed by atoms with Crippen molar-refractivity contribution >= 4 is 15.9 Å². The van der Waals surface area contributed by atoms with Crippen molar-refractivity contribution in [1.82, 2.24) is 0 Å². The van der Waals surface area contributed by atoms with Crippen molar-refractivity contribution in [2.24, 2.45) is 0 Å². The minimum Gasteiger partial charge on any atom is -0.207 e. The molecule has 2 aromatic rings. The fourth-order valence-corrected chi connectivity index (χ4v) is 2.64. The Labute approximate surface area is 112 Å². The summed E-state index contributed by atoms with van der Waals surface area (Å²) in [6, 6.07) is 8.82. The zero-order valence-corrected chi connectivity index (χ0v) is 11.1. The number of benzene rings is 2. The van der Waals surface area contributed by atoms with E-state index in [1.165, 1.54) is 0 Å². The van der Waals surface area contributed by atoms with Crippen molar-refractivity contribution in [3.05, 3.63) is 70.5 Å². The van der Waals surface area contributed by atoms with E-state index in [4.69, 9.17) is 0 Å². The van der Waals surface area contributed by atoms with Gasteiger partial charge >= 0.3 is 0 Å². The molecule has 0 aliphatic rings. The summed E-state index contributed by atoms with van der Waals surface area (Å²) in [5.74, 6) is -3.00. The number of alkyl halides is 1. The van der Waals surface area contributed by atoms with Crippen LogP contribution in [0.2, 0.25) is 0 Å². The Bertz CT molecular complexity index is 581. The van der Waals surface area contributed by atoms with Gasteiger partial charge in [0.2, 0.25) is 0 Å². The van der Waals surface area contributed by atoms with E-state index in [1.54, 1.807) is 0 Å². The summed E-state index contributed by atoms with van der Waals surface area (Å²) < 4.78 is 39.7. The molecule has 0 aliphatic carbocycles. The number of hydrogen-bond donors (Lipinski definition) is 0. The van der Waals surface area contributed by atoms with Crippen molar-refractivity contribution in [2.45, 2.75) is 11.8 Å². The van der Waals surface area contributed by atoms with Gasteiger partial charge in [0.1, 0.15) is 5.82 Å². The molecule has 0 bridgehead atoms. The van der Waals surface area contributed by atoms with Crippen LogP contribution in [-0.2, 0) is 0 Å². The molecule has 0 saturated carbocycles. The molecule has 0 aromatic heterocycles. The molecule has 4 heteroatoms. The van der Waals surface area contributed by atoms with Gasteiger partial charge in [-0.3, -0.25) is 0 Å². The van der Waals surface area contributed by atoms with Crippen LogP contribution in [0, 0.1) is 24.4 Å². The standard InChI is InChI=1S/C14H10BrF3/c1-8-4-2-3-5-9(8)14(15)10-6-12(17)13(18)7-11(10)16/h2-7,14H,1H3. The van der Waals surface area contributed by atoms with Gasteiger partial charge in [-0.2, -0.15) is 0 Å². The van der Waals surface area contributed by atoms with Crippen LogP contribution < -0.4 is 0 Å². The average Bonchev–Trinajstić information content (AvgIpc) is 2.33. The Balaban J connectivity index is 2.50. The van der Waals surface area contributed by atoms with Gasteiger partial charge in [-0.05, 0) is 24.1 Å².